The molecule has 0 aromatic carbocycles. The monoisotopic (exact) mass is 160 g/mol. The van der Waals surface area contributed by atoms with E-state index in [0.717, 1.165) is 0 Å². The summed E-state index contributed by atoms with van der Waals surface area (Å²) in [5, 5.41) is 9.37. The van der Waals surface area contributed by atoms with Gasteiger partial charge in [-0.25, -0.2) is 0 Å². The maximum atomic E-state index is 9.37. The van der Waals surface area contributed by atoms with Crippen LogP contribution in [0.1, 0.15) is 13.3 Å². The zero-order chi connectivity index (χ0) is 7.84. The smallest absolute Gasteiger partial charge is 0.187 e. The second kappa shape index (κ2) is 2.71. The van der Waals surface area contributed by atoms with E-state index < -0.39 is 12.4 Å². The highest BCUT2D eigenvalue weighted by molar-refractivity contribution is 4.86. The van der Waals surface area contributed by atoms with Gasteiger partial charge in [-0.05, 0) is 6.92 Å². The second-order valence-corrected chi connectivity index (χ2v) is 2.81. The molecule has 2 fully saturated rings. The highest BCUT2D eigenvalue weighted by atomic mass is 16.8. The minimum absolute atomic E-state index is 0.113. The van der Waals surface area contributed by atoms with Gasteiger partial charge >= 0.3 is 0 Å². The van der Waals surface area contributed by atoms with Gasteiger partial charge in [-0.1, -0.05) is 0 Å². The summed E-state index contributed by atoms with van der Waals surface area (Å²) in [5.41, 5.74) is 0. The summed E-state index contributed by atoms with van der Waals surface area (Å²) < 4.78 is 15.4. The molecular formula is C7H12O4. The zero-order valence-corrected chi connectivity index (χ0v) is 6.40. The average Bonchev–Trinajstić information content (AvgIpc) is 2.67. The summed E-state index contributed by atoms with van der Waals surface area (Å²) in [6.45, 7) is 2.43. The fraction of sp³-hybridized carbons (Fsp3) is 1.00. The van der Waals surface area contributed by atoms with Crippen molar-refractivity contribution in [2.24, 2.45) is 0 Å². The Morgan fingerprint density at radius 3 is 3.09 bits per heavy atom. The zero-order valence-electron chi connectivity index (χ0n) is 6.40. The lowest BCUT2D eigenvalue weighted by Gasteiger charge is -2.24. The van der Waals surface area contributed by atoms with Crippen molar-refractivity contribution in [1.29, 1.82) is 0 Å². The normalized spacial score (nSPS) is 48.5. The van der Waals surface area contributed by atoms with Crippen molar-refractivity contribution in [3.05, 3.63) is 0 Å². The van der Waals surface area contributed by atoms with E-state index in [0.29, 0.717) is 13.0 Å². The number of fused-ring (bicyclic) bond motifs is 1. The van der Waals surface area contributed by atoms with Crippen molar-refractivity contribution < 1.29 is 19.3 Å². The molecule has 2 aliphatic heterocycles. The molecule has 0 aromatic rings. The molecule has 2 saturated heterocycles. The number of aliphatic hydroxyl groups is 1. The number of hydrogen-bond acceptors (Lipinski definition) is 4. The van der Waals surface area contributed by atoms with Crippen LogP contribution in [0.3, 0.4) is 0 Å². The quantitative estimate of drug-likeness (QED) is 0.571. The Labute approximate surface area is 65.1 Å². The molecule has 2 rings (SSSR count). The van der Waals surface area contributed by atoms with Gasteiger partial charge < -0.3 is 19.3 Å². The Balaban J connectivity index is 1.87. The summed E-state index contributed by atoms with van der Waals surface area (Å²) in [6, 6.07) is 0. The van der Waals surface area contributed by atoms with E-state index in [1.807, 2.05) is 6.92 Å². The first-order chi connectivity index (χ1) is 5.31. The van der Waals surface area contributed by atoms with Crippen LogP contribution in [-0.2, 0) is 14.2 Å². The van der Waals surface area contributed by atoms with Gasteiger partial charge in [0.2, 0.25) is 0 Å². The van der Waals surface area contributed by atoms with Crippen LogP contribution in [0.2, 0.25) is 0 Å². The van der Waals surface area contributed by atoms with Crippen molar-refractivity contribution in [3.8, 4) is 0 Å². The maximum Gasteiger partial charge on any atom is 0.187 e. The Kier molecular flexibility index (Phi) is 1.85. The number of aliphatic hydroxyl groups excluding tert-OH is 1. The molecule has 11 heavy (non-hydrogen) atoms. The molecule has 64 valence electrons. The predicted molar refractivity (Wildman–Crippen MR) is 35.8 cm³/mol. The van der Waals surface area contributed by atoms with Crippen LogP contribution in [-0.4, -0.2) is 36.5 Å². The third-order valence-electron chi connectivity index (χ3n) is 1.92. The highest BCUT2D eigenvalue weighted by Gasteiger charge is 2.49. The molecule has 0 spiro atoms. The van der Waals surface area contributed by atoms with Crippen LogP contribution in [0, 0.1) is 0 Å². The third kappa shape index (κ3) is 1.39. The first-order valence-corrected chi connectivity index (χ1v) is 3.92. The number of ether oxygens (including phenoxy) is 3. The molecule has 1 unspecified atom stereocenters. The summed E-state index contributed by atoms with van der Waals surface area (Å²) in [5.74, 6) is 0. The Morgan fingerprint density at radius 2 is 2.36 bits per heavy atom. The molecule has 0 radical (unpaired) electrons. The number of epoxide rings is 1. The standard InChI is InChI=1S/C7H12O4/c1-2-9-6-4(8)3-5-7(10-5)11-6/h4-8H,2-3H2,1H3/t4-,5+,6+,7?/m0/s1. The summed E-state index contributed by atoms with van der Waals surface area (Å²) >= 11 is 0. The topological polar surface area (TPSA) is 51.2 Å². The fourth-order valence-corrected chi connectivity index (χ4v) is 1.30. The summed E-state index contributed by atoms with van der Waals surface area (Å²) in [7, 11) is 0. The molecule has 4 atom stereocenters. The summed E-state index contributed by atoms with van der Waals surface area (Å²) in [4.78, 5) is 0. The molecule has 0 amide bonds. The lowest BCUT2D eigenvalue weighted by molar-refractivity contribution is -0.220. The lowest BCUT2D eigenvalue weighted by atomic mass is 10.1. The van der Waals surface area contributed by atoms with Crippen molar-refractivity contribution in [1.82, 2.24) is 0 Å². The van der Waals surface area contributed by atoms with Crippen LogP contribution < -0.4 is 0 Å². The van der Waals surface area contributed by atoms with Crippen molar-refractivity contribution in [3.63, 3.8) is 0 Å². The molecule has 4 nitrogen and oxygen atoms in total. The molecule has 2 aliphatic rings. The van der Waals surface area contributed by atoms with Crippen molar-refractivity contribution >= 4 is 0 Å². The van der Waals surface area contributed by atoms with Crippen LogP contribution in [0.15, 0.2) is 0 Å². The number of hydrogen-bond donors (Lipinski definition) is 1. The average molecular weight is 160 g/mol. The van der Waals surface area contributed by atoms with Gasteiger partial charge in [0.25, 0.3) is 0 Å². The largest absolute Gasteiger partial charge is 0.388 e. The summed E-state index contributed by atoms with van der Waals surface area (Å²) in [6.07, 6.45) is -0.380. The molecule has 0 aromatic heterocycles. The van der Waals surface area contributed by atoms with Crippen LogP contribution in [0.25, 0.3) is 0 Å². The molecular weight excluding hydrogens is 148 g/mol. The van der Waals surface area contributed by atoms with Crippen LogP contribution in [0.5, 0.6) is 0 Å². The van der Waals surface area contributed by atoms with Crippen molar-refractivity contribution in [2.75, 3.05) is 6.61 Å². The van der Waals surface area contributed by atoms with Gasteiger partial charge in [0.05, 0.1) is 0 Å². The van der Waals surface area contributed by atoms with E-state index in [1.54, 1.807) is 0 Å². The second-order valence-electron chi connectivity index (χ2n) is 2.81. The number of rotatable bonds is 2. The van der Waals surface area contributed by atoms with Crippen LogP contribution >= 0.6 is 0 Å². The molecule has 4 heteroatoms. The van der Waals surface area contributed by atoms with E-state index in [1.165, 1.54) is 0 Å². The fourth-order valence-electron chi connectivity index (χ4n) is 1.30. The first kappa shape index (κ1) is 7.49. The van der Waals surface area contributed by atoms with E-state index in [2.05, 4.69) is 0 Å². The van der Waals surface area contributed by atoms with E-state index in [9.17, 15) is 5.11 Å². The molecule has 0 aliphatic carbocycles. The van der Waals surface area contributed by atoms with Gasteiger partial charge in [0, 0.05) is 13.0 Å². The molecule has 2 heterocycles. The van der Waals surface area contributed by atoms with E-state index in [4.69, 9.17) is 14.2 Å². The first-order valence-electron chi connectivity index (χ1n) is 3.92. The Hall–Kier alpha value is -0.160. The minimum Gasteiger partial charge on any atom is -0.388 e. The third-order valence-corrected chi connectivity index (χ3v) is 1.92. The minimum atomic E-state index is -0.529. The Bertz CT molecular complexity index is 149. The maximum absolute atomic E-state index is 9.37. The van der Waals surface area contributed by atoms with Gasteiger partial charge in [-0.15, -0.1) is 0 Å². The van der Waals surface area contributed by atoms with Gasteiger partial charge in [-0.2, -0.15) is 0 Å². The van der Waals surface area contributed by atoms with Gasteiger partial charge in [0.15, 0.2) is 12.6 Å². The molecule has 0 bridgehead atoms. The molecule has 0 saturated carbocycles. The van der Waals surface area contributed by atoms with E-state index >= 15 is 0 Å². The predicted octanol–water partition coefficient (Wildman–Crippen LogP) is -0.145. The SMILES string of the molecule is CCO[C@@H]1OC2O[C@@H]2C[C@@H]1O. The lowest BCUT2D eigenvalue weighted by Crippen LogP contribution is -2.38. The van der Waals surface area contributed by atoms with E-state index in [-0.39, 0.29) is 12.4 Å². The van der Waals surface area contributed by atoms with Gasteiger partial charge in [-0.3, -0.25) is 0 Å². The van der Waals surface area contributed by atoms with Gasteiger partial charge in [0.1, 0.15) is 12.2 Å². The van der Waals surface area contributed by atoms with Crippen LogP contribution in [0.4, 0.5) is 0 Å². The van der Waals surface area contributed by atoms with Crippen molar-refractivity contribution in [2.45, 2.75) is 38.1 Å². The highest BCUT2D eigenvalue weighted by Crippen LogP contribution is 2.35. The Morgan fingerprint density at radius 1 is 1.55 bits per heavy atom. The molecule has 1 N–H and O–H groups in total.